The van der Waals surface area contributed by atoms with Crippen LogP contribution in [0.4, 0.5) is 4.39 Å². The number of aliphatic hydroxyl groups is 1. The summed E-state index contributed by atoms with van der Waals surface area (Å²) >= 11 is 1.36. The Labute approximate surface area is 183 Å². The fourth-order valence-corrected chi connectivity index (χ4v) is 5.31. The zero-order valence-corrected chi connectivity index (χ0v) is 19.3. The van der Waals surface area contributed by atoms with E-state index >= 15 is 0 Å². The van der Waals surface area contributed by atoms with E-state index in [0.717, 1.165) is 12.8 Å². The summed E-state index contributed by atoms with van der Waals surface area (Å²) in [7, 11) is 1.61. The van der Waals surface area contributed by atoms with Crippen LogP contribution in [0.2, 0.25) is 0 Å². The number of rotatable bonds is 12. The number of nitrogens with two attached hydrogens (primary N) is 1. The lowest BCUT2D eigenvalue weighted by atomic mass is 9.80. The van der Waals surface area contributed by atoms with Crippen molar-refractivity contribution in [2.75, 3.05) is 20.3 Å². The molecule has 0 spiro atoms. The van der Waals surface area contributed by atoms with E-state index in [4.69, 9.17) is 15.2 Å². The number of hydrogen-bond donors (Lipinski definition) is 2. The number of carbonyl (C=O) groups excluding carboxylic acids is 1. The maximum atomic E-state index is 14.1. The van der Waals surface area contributed by atoms with Gasteiger partial charge < -0.3 is 20.3 Å². The van der Waals surface area contributed by atoms with Crippen LogP contribution in [0.15, 0.2) is 18.2 Å². The predicted octanol–water partition coefficient (Wildman–Crippen LogP) is 4.32. The second-order valence-electron chi connectivity index (χ2n) is 8.45. The topological polar surface area (TPSA) is 81.8 Å². The van der Waals surface area contributed by atoms with Gasteiger partial charge in [0.05, 0.1) is 12.7 Å². The number of methoxy groups -OCH3 is 1. The van der Waals surface area contributed by atoms with Crippen LogP contribution >= 0.6 is 11.8 Å². The second-order valence-corrected chi connectivity index (χ2v) is 9.70. The molecule has 2 rings (SSSR count). The highest BCUT2D eigenvalue weighted by atomic mass is 32.2. The van der Waals surface area contributed by atoms with E-state index in [1.165, 1.54) is 17.8 Å². The monoisotopic (exact) mass is 441 g/mol. The molecule has 5 atom stereocenters. The van der Waals surface area contributed by atoms with Gasteiger partial charge in [0.1, 0.15) is 0 Å². The highest BCUT2D eigenvalue weighted by Crippen LogP contribution is 2.40. The van der Waals surface area contributed by atoms with E-state index in [1.54, 1.807) is 19.2 Å². The molecular formula is C23H36FNO4S. The molecule has 1 aliphatic rings. The van der Waals surface area contributed by atoms with Gasteiger partial charge in [0.15, 0.2) is 16.7 Å². The summed E-state index contributed by atoms with van der Waals surface area (Å²) in [5.74, 6) is -0.164. The first-order chi connectivity index (χ1) is 14.3. The van der Waals surface area contributed by atoms with Gasteiger partial charge in [-0.3, -0.25) is 4.79 Å². The number of benzene rings is 1. The summed E-state index contributed by atoms with van der Waals surface area (Å²) in [4.78, 5) is 12.1. The minimum atomic E-state index is -0.790. The molecule has 0 amide bonds. The molecule has 2 unspecified atom stereocenters. The van der Waals surface area contributed by atoms with Gasteiger partial charge in [0.25, 0.3) is 0 Å². The van der Waals surface area contributed by atoms with Crippen molar-refractivity contribution in [3.8, 4) is 5.75 Å². The third-order valence-electron chi connectivity index (χ3n) is 5.94. The number of carbonyl (C=O) groups is 1. The zero-order valence-electron chi connectivity index (χ0n) is 18.5. The molecule has 5 nitrogen and oxygen atoms in total. The van der Waals surface area contributed by atoms with Crippen LogP contribution in [0.1, 0.15) is 58.1 Å². The van der Waals surface area contributed by atoms with Crippen LogP contribution in [0, 0.1) is 23.6 Å². The first kappa shape index (κ1) is 25.1. The fraction of sp³-hybridized carbons (Fsp3) is 0.696. The van der Waals surface area contributed by atoms with Gasteiger partial charge in [-0.1, -0.05) is 38.6 Å². The number of aliphatic hydroxyl groups excluding tert-OH is 1. The first-order valence-electron chi connectivity index (χ1n) is 10.8. The molecule has 0 radical (unpaired) electrons. The van der Waals surface area contributed by atoms with Gasteiger partial charge in [-0.2, -0.15) is 0 Å². The van der Waals surface area contributed by atoms with Crippen molar-refractivity contribution in [3.63, 3.8) is 0 Å². The molecule has 30 heavy (non-hydrogen) atoms. The third kappa shape index (κ3) is 6.67. The molecular weight excluding hydrogens is 405 g/mol. The summed E-state index contributed by atoms with van der Waals surface area (Å²) < 4.78 is 24.6. The lowest BCUT2D eigenvalue weighted by Crippen LogP contribution is -2.36. The van der Waals surface area contributed by atoms with Crippen molar-refractivity contribution in [3.05, 3.63) is 29.6 Å². The average molecular weight is 442 g/mol. The van der Waals surface area contributed by atoms with Crippen LogP contribution in [0.3, 0.4) is 0 Å². The Kier molecular flexibility index (Phi) is 10.1. The normalized spacial score (nSPS) is 22.3. The standard InChI is InChI=1S/C23H36FNO4S/c1-5-15-12-21(30-23(15)27)19(25)13-17(14(2)3)22(26)16-7-8-18(24)20(11-16)29-10-6-9-28-4/h7-8,11,14-15,17,19,21-22,26H,5-6,9-10,12-13,25H2,1-4H3/t15-,17?,19+,21+,22?/m1/s1. The largest absolute Gasteiger partial charge is 0.490 e. The summed E-state index contributed by atoms with van der Waals surface area (Å²) in [6.07, 6.45) is 2.11. The van der Waals surface area contributed by atoms with Gasteiger partial charge in [-0.25, -0.2) is 4.39 Å². The molecule has 1 heterocycles. The smallest absolute Gasteiger partial charge is 0.192 e. The molecule has 1 aromatic rings. The van der Waals surface area contributed by atoms with Crippen LogP contribution in [0.5, 0.6) is 5.75 Å². The molecule has 0 aromatic heterocycles. The minimum Gasteiger partial charge on any atom is -0.490 e. The number of thioether (sulfide) groups is 1. The Morgan fingerprint density at radius 3 is 2.67 bits per heavy atom. The van der Waals surface area contributed by atoms with E-state index in [9.17, 15) is 14.3 Å². The Hall–Kier alpha value is -1.15. The van der Waals surface area contributed by atoms with Gasteiger partial charge in [0.2, 0.25) is 0 Å². The highest BCUT2D eigenvalue weighted by Gasteiger charge is 2.37. The first-order valence-corrected chi connectivity index (χ1v) is 11.7. The highest BCUT2D eigenvalue weighted by molar-refractivity contribution is 8.14. The van der Waals surface area contributed by atoms with E-state index < -0.39 is 11.9 Å². The summed E-state index contributed by atoms with van der Waals surface area (Å²) in [5.41, 5.74) is 7.10. The van der Waals surface area contributed by atoms with Crippen LogP contribution in [-0.2, 0) is 9.53 Å². The molecule has 0 aliphatic carbocycles. The maximum absolute atomic E-state index is 14.1. The Balaban J connectivity index is 2.07. The number of hydrogen-bond acceptors (Lipinski definition) is 6. The van der Waals surface area contributed by atoms with Crippen molar-refractivity contribution >= 4 is 16.9 Å². The van der Waals surface area contributed by atoms with Crippen LogP contribution in [0.25, 0.3) is 0 Å². The van der Waals surface area contributed by atoms with Crippen molar-refractivity contribution in [1.29, 1.82) is 0 Å². The summed E-state index contributed by atoms with van der Waals surface area (Å²) in [5, 5.41) is 11.4. The Bertz CT molecular complexity index is 687. The zero-order chi connectivity index (χ0) is 22.3. The predicted molar refractivity (Wildman–Crippen MR) is 119 cm³/mol. The molecule has 1 aromatic carbocycles. The van der Waals surface area contributed by atoms with E-state index in [1.807, 2.05) is 20.8 Å². The van der Waals surface area contributed by atoms with Crippen molar-refractivity contribution < 1.29 is 23.8 Å². The van der Waals surface area contributed by atoms with Crippen molar-refractivity contribution in [1.82, 2.24) is 0 Å². The van der Waals surface area contributed by atoms with E-state index in [0.29, 0.717) is 31.6 Å². The van der Waals surface area contributed by atoms with Crippen LogP contribution < -0.4 is 10.5 Å². The average Bonchev–Trinajstić information content (AvgIpc) is 3.10. The number of halogens is 1. The molecule has 1 fully saturated rings. The van der Waals surface area contributed by atoms with Gasteiger partial charge in [-0.05, 0) is 48.8 Å². The summed E-state index contributed by atoms with van der Waals surface area (Å²) in [6, 6.07) is 4.33. The molecule has 3 N–H and O–H groups in total. The van der Waals surface area contributed by atoms with Gasteiger partial charge in [0, 0.05) is 37.3 Å². The lowest BCUT2D eigenvalue weighted by Gasteiger charge is -2.31. The van der Waals surface area contributed by atoms with Crippen molar-refractivity contribution in [2.24, 2.45) is 23.5 Å². The van der Waals surface area contributed by atoms with Crippen LogP contribution in [-0.4, -0.2) is 41.8 Å². The van der Waals surface area contributed by atoms with Gasteiger partial charge in [-0.15, -0.1) is 0 Å². The second kappa shape index (κ2) is 12.0. The summed E-state index contributed by atoms with van der Waals surface area (Å²) in [6.45, 7) is 7.01. The van der Waals surface area contributed by atoms with Gasteiger partial charge >= 0.3 is 0 Å². The molecule has 0 bridgehead atoms. The lowest BCUT2D eigenvalue weighted by molar-refractivity contribution is -0.113. The molecule has 170 valence electrons. The molecule has 0 saturated carbocycles. The minimum absolute atomic E-state index is 0.0865. The maximum Gasteiger partial charge on any atom is 0.192 e. The molecule has 1 aliphatic heterocycles. The van der Waals surface area contributed by atoms with E-state index in [-0.39, 0.29) is 39.9 Å². The van der Waals surface area contributed by atoms with Crippen molar-refractivity contribution in [2.45, 2.75) is 63.9 Å². The Morgan fingerprint density at radius 2 is 2.07 bits per heavy atom. The Morgan fingerprint density at radius 1 is 1.33 bits per heavy atom. The SMILES string of the molecule is CC[C@@H]1C[C@@H]([C@@H](N)CC(C(C)C)C(O)c2ccc(F)c(OCCCOC)c2)SC1=O. The fourth-order valence-electron chi connectivity index (χ4n) is 3.94. The number of ether oxygens (including phenoxy) is 2. The molecule has 1 saturated heterocycles. The molecule has 7 heteroatoms. The third-order valence-corrected chi connectivity index (χ3v) is 7.35. The quantitative estimate of drug-likeness (QED) is 0.470. The van der Waals surface area contributed by atoms with E-state index in [2.05, 4.69) is 0 Å².